The molecule has 1 aromatic carbocycles. The van der Waals surface area contributed by atoms with E-state index in [0.717, 1.165) is 5.56 Å². The molecule has 0 saturated carbocycles. The van der Waals surface area contributed by atoms with Gasteiger partial charge in [0.2, 0.25) is 11.8 Å². The Morgan fingerprint density at radius 2 is 1.70 bits per heavy atom. The summed E-state index contributed by atoms with van der Waals surface area (Å²) in [5.41, 5.74) is 6.14. The summed E-state index contributed by atoms with van der Waals surface area (Å²) in [5.74, 6) is -3.93. The SMILES string of the molecule is CC(C)[C@@H](C(=O)O)N(Cc1ccccc1)C(=O)[C@H](CS)NC(=O)CC[C@H](N)C(=O)O. The molecule has 10 heteroatoms. The number of nitrogens with two attached hydrogens (primary N) is 1. The van der Waals surface area contributed by atoms with Gasteiger partial charge in [0, 0.05) is 18.7 Å². The lowest BCUT2D eigenvalue weighted by molar-refractivity contribution is -0.153. The van der Waals surface area contributed by atoms with Gasteiger partial charge in [-0.05, 0) is 17.9 Å². The molecule has 30 heavy (non-hydrogen) atoms. The third kappa shape index (κ3) is 7.68. The Bertz CT molecular complexity index is 743. The lowest BCUT2D eigenvalue weighted by atomic mass is 10.0. The summed E-state index contributed by atoms with van der Waals surface area (Å²) in [4.78, 5) is 49.3. The predicted molar refractivity (Wildman–Crippen MR) is 114 cm³/mol. The van der Waals surface area contributed by atoms with Crippen molar-refractivity contribution >= 4 is 36.4 Å². The number of carboxylic acid groups (broad SMARTS) is 2. The Hall–Kier alpha value is -2.59. The Morgan fingerprint density at radius 1 is 1.10 bits per heavy atom. The van der Waals surface area contributed by atoms with Crippen LogP contribution in [0.25, 0.3) is 0 Å². The van der Waals surface area contributed by atoms with Crippen molar-refractivity contribution in [1.29, 1.82) is 0 Å². The highest BCUT2D eigenvalue weighted by Crippen LogP contribution is 2.17. The minimum atomic E-state index is -1.22. The van der Waals surface area contributed by atoms with Crippen LogP contribution in [0.1, 0.15) is 32.3 Å². The van der Waals surface area contributed by atoms with Crippen molar-refractivity contribution in [2.24, 2.45) is 11.7 Å². The summed E-state index contributed by atoms with van der Waals surface area (Å²) in [7, 11) is 0. The van der Waals surface area contributed by atoms with Crippen molar-refractivity contribution in [1.82, 2.24) is 10.2 Å². The van der Waals surface area contributed by atoms with Crippen LogP contribution in [0.15, 0.2) is 30.3 Å². The van der Waals surface area contributed by atoms with E-state index in [1.54, 1.807) is 38.1 Å². The number of nitrogens with one attached hydrogen (secondary N) is 1. The zero-order valence-corrected chi connectivity index (χ0v) is 17.9. The number of aliphatic carboxylic acids is 2. The van der Waals surface area contributed by atoms with E-state index in [9.17, 15) is 24.3 Å². The number of amides is 2. The highest BCUT2D eigenvalue weighted by molar-refractivity contribution is 7.80. The number of nitrogens with zero attached hydrogens (tertiary/aromatic N) is 1. The summed E-state index contributed by atoms with van der Waals surface area (Å²) in [6.45, 7) is 3.45. The van der Waals surface area contributed by atoms with Crippen LogP contribution in [0.3, 0.4) is 0 Å². The van der Waals surface area contributed by atoms with Crippen LogP contribution >= 0.6 is 12.6 Å². The molecular formula is C20H29N3O6S. The van der Waals surface area contributed by atoms with Crippen molar-refractivity contribution in [3.05, 3.63) is 35.9 Å². The van der Waals surface area contributed by atoms with Crippen LogP contribution in [-0.2, 0) is 25.7 Å². The Balaban J connectivity index is 3.02. The molecule has 0 spiro atoms. The molecular weight excluding hydrogens is 410 g/mol. The highest BCUT2D eigenvalue weighted by atomic mass is 32.1. The third-order valence-electron chi connectivity index (χ3n) is 4.51. The average molecular weight is 440 g/mol. The van der Waals surface area contributed by atoms with E-state index >= 15 is 0 Å². The van der Waals surface area contributed by atoms with Crippen LogP contribution in [0, 0.1) is 5.92 Å². The van der Waals surface area contributed by atoms with Crippen LogP contribution < -0.4 is 11.1 Å². The zero-order valence-electron chi connectivity index (χ0n) is 17.0. The lowest BCUT2D eigenvalue weighted by Gasteiger charge is -2.34. The summed E-state index contributed by atoms with van der Waals surface area (Å²) >= 11 is 4.14. The molecule has 0 fully saturated rings. The molecule has 3 atom stereocenters. The van der Waals surface area contributed by atoms with Gasteiger partial charge in [0.05, 0.1) is 0 Å². The Kier molecular flexibility index (Phi) is 10.3. The standard InChI is InChI=1S/C20H29N3O6S/c1-12(2)17(20(28)29)23(10-13-6-4-3-5-7-13)18(25)15(11-30)22-16(24)9-8-14(21)19(26)27/h3-7,12,14-15,17,30H,8-11,21H2,1-2H3,(H,22,24)(H,26,27)(H,28,29)/t14-,15-,17-/m0/s1. The smallest absolute Gasteiger partial charge is 0.326 e. The van der Waals surface area contributed by atoms with Gasteiger partial charge in [-0.15, -0.1) is 0 Å². The predicted octanol–water partition coefficient (Wildman–Crippen LogP) is 0.731. The first kappa shape index (κ1) is 25.4. The number of carboxylic acids is 2. The molecule has 0 aliphatic rings. The van der Waals surface area contributed by atoms with Crippen LogP contribution in [0.5, 0.6) is 0 Å². The van der Waals surface area contributed by atoms with E-state index in [4.69, 9.17) is 10.8 Å². The minimum Gasteiger partial charge on any atom is -0.480 e. The molecule has 0 bridgehead atoms. The van der Waals surface area contributed by atoms with Gasteiger partial charge in [-0.2, -0.15) is 12.6 Å². The first-order chi connectivity index (χ1) is 14.1. The minimum absolute atomic E-state index is 0.0503. The number of hydrogen-bond donors (Lipinski definition) is 5. The second-order valence-corrected chi connectivity index (χ2v) is 7.63. The van der Waals surface area contributed by atoms with Crippen molar-refractivity contribution in [3.8, 4) is 0 Å². The molecule has 0 saturated heterocycles. The molecule has 9 nitrogen and oxygen atoms in total. The number of thiol groups is 1. The number of carbonyl (C=O) groups is 4. The van der Waals surface area contributed by atoms with Crippen LogP contribution in [0.4, 0.5) is 0 Å². The number of carbonyl (C=O) groups excluding carboxylic acids is 2. The Morgan fingerprint density at radius 3 is 2.17 bits per heavy atom. The number of benzene rings is 1. The fourth-order valence-corrected chi connectivity index (χ4v) is 3.18. The van der Waals surface area contributed by atoms with E-state index < -0.39 is 41.9 Å². The molecule has 1 aromatic rings. The fourth-order valence-electron chi connectivity index (χ4n) is 2.93. The first-order valence-corrected chi connectivity index (χ1v) is 10.2. The molecule has 0 heterocycles. The molecule has 166 valence electrons. The van der Waals surface area contributed by atoms with E-state index in [2.05, 4.69) is 17.9 Å². The molecule has 5 N–H and O–H groups in total. The van der Waals surface area contributed by atoms with E-state index in [1.807, 2.05) is 6.07 Å². The Labute approximate surface area is 181 Å². The van der Waals surface area contributed by atoms with Gasteiger partial charge in [0.15, 0.2) is 0 Å². The molecule has 0 aliphatic heterocycles. The van der Waals surface area contributed by atoms with Crippen molar-refractivity contribution in [2.45, 2.75) is 51.4 Å². The maximum absolute atomic E-state index is 13.2. The van der Waals surface area contributed by atoms with E-state index in [1.165, 1.54) is 4.90 Å². The molecule has 0 radical (unpaired) electrons. The van der Waals surface area contributed by atoms with Crippen LogP contribution in [0.2, 0.25) is 0 Å². The lowest BCUT2D eigenvalue weighted by Crippen LogP contribution is -2.55. The monoisotopic (exact) mass is 439 g/mol. The summed E-state index contributed by atoms with van der Waals surface area (Å²) < 4.78 is 0. The molecule has 1 rings (SSSR count). The quantitative estimate of drug-likeness (QED) is 0.301. The maximum atomic E-state index is 13.2. The van der Waals surface area contributed by atoms with Gasteiger partial charge in [-0.3, -0.25) is 14.4 Å². The zero-order chi connectivity index (χ0) is 22.8. The molecule has 2 amide bonds. The van der Waals surface area contributed by atoms with Crippen molar-refractivity contribution in [3.63, 3.8) is 0 Å². The van der Waals surface area contributed by atoms with E-state index in [0.29, 0.717) is 0 Å². The van der Waals surface area contributed by atoms with Gasteiger partial charge in [0.1, 0.15) is 18.1 Å². The number of hydrogen-bond acceptors (Lipinski definition) is 6. The third-order valence-corrected chi connectivity index (χ3v) is 4.88. The first-order valence-electron chi connectivity index (χ1n) is 9.54. The van der Waals surface area contributed by atoms with Gasteiger partial charge in [-0.25, -0.2) is 4.79 Å². The van der Waals surface area contributed by atoms with Crippen LogP contribution in [-0.4, -0.2) is 62.7 Å². The normalized spacial score (nSPS) is 13.9. The average Bonchev–Trinajstić information content (AvgIpc) is 2.69. The highest BCUT2D eigenvalue weighted by Gasteiger charge is 2.36. The second kappa shape index (κ2) is 12.2. The molecule has 0 unspecified atom stereocenters. The number of rotatable bonds is 12. The summed E-state index contributed by atoms with van der Waals surface area (Å²) in [5, 5.41) is 21.0. The summed E-state index contributed by atoms with van der Waals surface area (Å²) in [6, 6.07) is 5.59. The summed E-state index contributed by atoms with van der Waals surface area (Å²) in [6.07, 6.45) is -0.275. The molecule has 0 aliphatic carbocycles. The topological polar surface area (TPSA) is 150 Å². The maximum Gasteiger partial charge on any atom is 0.326 e. The van der Waals surface area contributed by atoms with Gasteiger partial charge in [-0.1, -0.05) is 44.2 Å². The van der Waals surface area contributed by atoms with Gasteiger partial charge < -0.3 is 26.2 Å². The largest absolute Gasteiger partial charge is 0.480 e. The van der Waals surface area contributed by atoms with Crippen molar-refractivity contribution in [2.75, 3.05) is 5.75 Å². The van der Waals surface area contributed by atoms with Gasteiger partial charge >= 0.3 is 11.9 Å². The fraction of sp³-hybridized carbons (Fsp3) is 0.500. The second-order valence-electron chi connectivity index (χ2n) is 7.26. The van der Waals surface area contributed by atoms with Crippen molar-refractivity contribution < 1.29 is 29.4 Å². The van der Waals surface area contributed by atoms with Gasteiger partial charge in [0.25, 0.3) is 0 Å². The molecule has 0 aromatic heterocycles. The van der Waals surface area contributed by atoms with E-state index in [-0.39, 0.29) is 31.1 Å².